The number of aryl methyl sites for hydroxylation is 1. The van der Waals surface area contributed by atoms with Gasteiger partial charge < -0.3 is 15.7 Å². The molecule has 1 atom stereocenters. The fourth-order valence-corrected chi connectivity index (χ4v) is 3.02. The van der Waals surface area contributed by atoms with E-state index in [4.69, 9.17) is 0 Å². The third-order valence-corrected chi connectivity index (χ3v) is 4.44. The lowest BCUT2D eigenvalue weighted by atomic mass is 9.96. The number of amides is 2. The minimum Gasteiger partial charge on any atom is -0.383 e. The second-order valence-electron chi connectivity index (χ2n) is 6.18. The minimum absolute atomic E-state index is 0.0210. The summed E-state index contributed by atoms with van der Waals surface area (Å²) in [5.41, 5.74) is 1.39. The summed E-state index contributed by atoms with van der Waals surface area (Å²) >= 11 is 0. The standard InChI is InChI=1S/C19H19FN2O3/c20-15-7-5-13(6-8-15)11-21-17(23)18(24)22-12-19(25)10-9-14-3-1-2-4-16(14)19/h1-8,25H,9-12H2,(H,21,23)(H,22,24). The van der Waals surface area contributed by atoms with Crippen molar-refractivity contribution in [1.29, 1.82) is 0 Å². The van der Waals surface area contributed by atoms with Crippen molar-refractivity contribution in [3.8, 4) is 0 Å². The second-order valence-corrected chi connectivity index (χ2v) is 6.18. The summed E-state index contributed by atoms with van der Waals surface area (Å²) in [6, 6.07) is 13.2. The number of hydrogen-bond donors (Lipinski definition) is 3. The number of rotatable bonds is 4. The first-order valence-electron chi connectivity index (χ1n) is 8.09. The van der Waals surface area contributed by atoms with Crippen LogP contribution >= 0.6 is 0 Å². The third-order valence-electron chi connectivity index (χ3n) is 4.44. The average molecular weight is 342 g/mol. The average Bonchev–Trinajstić information content (AvgIpc) is 2.97. The van der Waals surface area contributed by atoms with Crippen molar-refractivity contribution in [3.05, 3.63) is 71.0 Å². The van der Waals surface area contributed by atoms with Gasteiger partial charge in [-0.25, -0.2) is 4.39 Å². The van der Waals surface area contributed by atoms with E-state index in [9.17, 15) is 19.1 Å². The van der Waals surface area contributed by atoms with Crippen LogP contribution in [0.2, 0.25) is 0 Å². The van der Waals surface area contributed by atoms with Gasteiger partial charge in [-0.3, -0.25) is 9.59 Å². The van der Waals surface area contributed by atoms with Crippen molar-refractivity contribution in [2.24, 2.45) is 0 Å². The van der Waals surface area contributed by atoms with Gasteiger partial charge in [-0.1, -0.05) is 36.4 Å². The maximum Gasteiger partial charge on any atom is 0.309 e. The molecule has 0 aliphatic heterocycles. The highest BCUT2D eigenvalue weighted by molar-refractivity contribution is 6.35. The maximum atomic E-state index is 12.8. The normalized spacial score (nSPS) is 18.5. The first kappa shape index (κ1) is 17.1. The van der Waals surface area contributed by atoms with Gasteiger partial charge >= 0.3 is 11.8 Å². The van der Waals surface area contributed by atoms with Gasteiger partial charge in [0.15, 0.2) is 0 Å². The Bertz CT molecular complexity index is 792. The zero-order valence-corrected chi connectivity index (χ0v) is 13.6. The number of fused-ring (bicyclic) bond motifs is 1. The van der Waals surface area contributed by atoms with Crippen LogP contribution in [-0.4, -0.2) is 23.5 Å². The fraction of sp³-hybridized carbons (Fsp3) is 0.263. The van der Waals surface area contributed by atoms with Crippen molar-refractivity contribution in [2.45, 2.75) is 25.0 Å². The first-order valence-corrected chi connectivity index (χ1v) is 8.09. The highest BCUT2D eigenvalue weighted by Gasteiger charge is 2.36. The maximum absolute atomic E-state index is 12.8. The largest absolute Gasteiger partial charge is 0.383 e. The number of aliphatic hydroxyl groups is 1. The number of carbonyl (C=O) groups excluding carboxylic acids is 2. The lowest BCUT2D eigenvalue weighted by Crippen LogP contribution is -2.45. The molecule has 0 aromatic heterocycles. The highest BCUT2D eigenvalue weighted by atomic mass is 19.1. The molecule has 2 aromatic carbocycles. The van der Waals surface area contributed by atoms with Crippen LogP contribution in [0, 0.1) is 5.82 Å². The third kappa shape index (κ3) is 3.85. The fourth-order valence-electron chi connectivity index (χ4n) is 3.02. The molecule has 0 saturated carbocycles. The van der Waals surface area contributed by atoms with Crippen molar-refractivity contribution < 1.29 is 19.1 Å². The molecule has 1 unspecified atom stereocenters. The van der Waals surface area contributed by atoms with Crippen LogP contribution < -0.4 is 10.6 Å². The molecular weight excluding hydrogens is 323 g/mol. The molecule has 25 heavy (non-hydrogen) atoms. The van der Waals surface area contributed by atoms with E-state index in [0.29, 0.717) is 12.0 Å². The van der Waals surface area contributed by atoms with E-state index in [1.165, 1.54) is 24.3 Å². The van der Waals surface area contributed by atoms with E-state index in [2.05, 4.69) is 10.6 Å². The molecule has 0 bridgehead atoms. The zero-order valence-electron chi connectivity index (χ0n) is 13.6. The SMILES string of the molecule is O=C(NCc1ccc(F)cc1)C(=O)NCC1(O)CCc2ccccc21. The Balaban J connectivity index is 1.52. The topological polar surface area (TPSA) is 78.4 Å². The van der Waals surface area contributed by atoms with Gasteiger partial charge in [-0.05, 0) is 41.7 Å². The summed E-state index contributed by atoms with van der Waals surface area (Å²) in [5.74, 6) is -1.96. The quantitative estimate of drug-likeness (QED) is 0.735. The van der Waals surface area contributed by atoms with Crippen LogP contribution in [0.5, 0.6) is 0 Å². The lowest BCUT2D eigenvalue weighted by molar-refractivity contribution is -0.140. The molecule has 2 aromatic rings. The Kier molecular flexibility index (Phi) is 4.81. The zero-order chi connectivity index (χ0) is 17.9. The van der Waals surface area contributed by atoms with Gasteiger partial charge in [0.05, 0.1) is 6.54 Å². The Hall–Kier alpha value is -2.73. The second kappa shape index (κ2) is 7.03. The Morgan fingerprint density at radius 2 is 1.72 bits per heavy atom. The van der Waals surface area contributed by atoms with Crippen LogP contribution in [0.1, 0.15) is 23.1 Å². The molecular formula is C19H19FN2O3. The van der Waals surface area contributed by atoms with E-state index in [0.717, 1.165) is 17.5 Å². The predicted molar refractivity (Wildman–Crippen MR) is 89.9 cm³/mol. The van der Waals surface area contributed by atoms with Crippen molar-refractivity contribution >= 4 is 11.8 Å². The van der Waals surface area contributed by atoms with E-state index in [1.54, 1.807) is 0 Å². The molecule has 1 aliphatic rings. The molecule has 5 nitrogen and oxygen atoms in total. The van der Waals surface area contributed by atoms with E-state index in [-0.39, 0.29) is 18.9 Å². The van der Waals surface area contributed by atoms with E-state index >= 15 is 0 Å². The summed E-state index contributed by atoms with van der Waals surface area (Å²) in [5, 5.41) is 15.7. The molecule has 3 rings (SSSR count). The van der Waals surface area contributed by atoms with Crippen LogP contribution in [0.25, 0.3) is 0 Å². The summed E-state index contributed by atoms with van der Waals surface area (Å²) in [7, 11) is 0. The Morgan fingerprint density at radius 3 is 2.48 bits per heavy atom. The Morgan fingerprint density at radius 1 is 1.04 bits per heavy atom. The summed E-state index contributed by atoms with van der Waals surface area (Å²) in [4.78, 5) is 23.8. The van der Waals surface area contributed by atoms with Crippen LogP contribution in [-0.2, 0) is 28.2 Å². The molecule has 6 heteroatoms. The molecule has 2 amide bonds. The molecule has 3 N–H and O–H groups in total. The smallest absolute Gasteiger partial charge is 0.309 e. The first-order chi connectivity index (χ1) is 12.0. The summed E-state index contributed by atoms with van der Waals surface area (Å²) < 4.78 is 12.8. The van der Waals surface area contributed by atoms with Crippen molar-refractivity contribution in [1.82, 2.24) is 10.6 Å². The monoisotopic (exact) mass is 342 g/mol. The number of carbonyl (C=O) groups is 2. The Labute approximate surface area is 144 Å². The van der Waals surface area contributed by atoms with Gasteiger partial charge in [0, 0.05) is 6.54 Å². The highest BCUT2D eigenvalue weighted by Crippen LogP contribution is 2.36. The molecule has 130 valence electrons. The molecule has 0 heterocycles. The van der Waals surface area contributed by atoms with Crippen LogP contribution in [0.3, 0.4) is 0 Å². The van der Waals surface area contributed by atoms with E-state index < -0.39 is 17.4 Å². The van der Waals surface area contributed by atoms with Gasteiger partial charge in [-0.15, -0.1) is 0 Å². The van der Waals surface area contributed by atoms with Crippen molar-refractivity contribution in [3.63, 3.8) is 0 Å². The van der Waals surface area contributed by atoms with Crippen LogP contribution in [0.4, 0.5) is 4.39 Å². The lowest BCUT2D eigenvalue weighted by Gasteiger charge is -2.24. The molecule has 1 aliphatic carbocycles. The predicted octanol–water partition coefficient (Wildman–Crippen LogP) is 1.39. The molecule has 0 radical (unpaired) electrons. The number of halogens is 1. The molecule has 0 spiro atoms. The molecule has 0 saturated heterocycles. The molecule has 0 fully saturated rings. The minimum atomic E-state index is -1.15. The van der Waals surface area contributed by atoms with Gasteiger partial charge in [0.2, 0.25) is 0 Å². The summed E-state index contributed by atoms with van der Waals surface area (Å²) in [6.07, 6.45) is 1.24. The van der Waals surface area contributed by atoms with Gasteiger partial charge in [0.1, 0.15) is 11.4 Å². The number of benzene rings is 2. The summed E-state index contributed by atoms with van der Waals surface area (Å²) in [6.45, 7) is 0.104. The number of hydrogen-bond acceptors (Lipinski definition) is 3. The van der Waals surface area contributed by atoms with Gasteiger partial charge in [-0.2, -0.15) is 0 Å². The van der Waals surface area contributed by atoms with Crippen molar-refractivity contribution in [2.75, 3.05) is 6.54 Å². The van der Waals surface area contributed by atoms with Gasteiger partial charge in [0.25, 0.3) is 0 Å². The van der Waals surface area contributed by atoms with Crippen LogP contribution in [0.15, 0.2) is 48.5 Å². The number of nitrogens with one attached hydrogen (secondary N) is 2. The van der Waals surface area contributed by atoms with E-state index in [1.807, 2.05) is 24.3 Å².